The molecule has 0 N–H and O–H groups in total. The first-order valence-corrected chi connectivity index (χ1v) is 6.05. The Morgan fingerprint density at radius 1 is 1.21 bits per heavy atom. The van der Waals surface area contributed by atoms with Crippen LogP contribution in [0, 0.1) is 0 Å². The number of fused-ring (bicyclic) bond motifs is 3. The molecule has 0 spiro atoms. The predicted octanol–water partition coefficient (Wildman–Crippen LogP) is 2.77. The van der Waals surface area contributed by atoms with Crippen LogP contribution in [0.15, 0.2) is 27.9 Å². The zero-order chi connectivity index (χ0) is 13.6. The number of aryl methyl sites for hydroxylation is 1. The predicted molar refractivity (Wildman–Crippen MR) is 72.9 cm³/mol. The van der Waals surface area contributed by atoms with Crippen LogP contribution in [0.4, 0.5) is 0 Å². The molecular weight excluding hydrogens is 244 g/mol. The van der Waals surface area contributed by atoms with Gasteiger partial charge < -0.3 is 13.9 Å². The highest BCUT2D eigenvalue weighted by Gasteiger charge is 2.25. The zero-order valence-electron chi connectivity index (χ0n) is 10.9. The summed E-state index contributed by atoms with van der Waals surface area (Å²) in [4.78, 5) is 12.0. The smallest absolute Gasteiger partial charge is 0.344 e. The number of benzene rings is 1. The Balaban J connectivity index is 2.47. The van der Waals surface area contributed by atoms with Gasteiger partial charge in [0.2, 0.25) is 0 Å². The summed E-state index contributed by atoms with van der Waals surface area (Å²) in [6, 6.07) is 3.50. The minimum Gasteiger partial charge on any atom is -0.496 e. The van der Waals surface area contributed by atoms with Crippen LogP contribution in [-0.2, 0) is 6.42 Å². The van der Waals surface area contributed by atoms with E-state index in [2.05, 4.69) is 6.58 Å². The lowest BCUT2D eigenvalue weighted by molar-refractivity contribution is 0.395. The minimum absolute atomic E-state index is 0.333. The number of rotatable bonds is 2. The molecule has 3 rings (SSSR count). The fraction of sp³-hybridized carbons (Fsp3) is 0.267. The van der Waals surface area contributed by atoms with Crippen molar-refractivity contribution in [1.29, 1.82) is 0 Å². The van der Waals surface area contributed by atoms with Gasteiger partial charge in [0.25, 0.3) is 0 Å². The summed E-state index contributed by atoms with van der Waals surface area (Å²) < 4.78 is 16.0. The molecule has 0 saturated carbocycles. The Labute approximate surface area is 110 Å². The van der Waals surface area contributed by atoms with E-state index in [9.17, 15) is 4.79 Å². The molecule has 2 aromatic rings. The molecule has 0 aliphatic heterocycles. The fourth-order valence-corrected chi connectivity index (χ4v) is 2.63. The van der Waals surface area contributed by atoms with Gasteiger partial charge >= 0.3 is 5.63 Å². The van der Waals surface area contributed by atoms with Gasteiger partial charge in [-0.2, -0.15) is 0 Å². The van der Waals surface area contributed by atoms with Crippen LogP contribution in [0.5, 0.6) is 11.5 Å². The van der Waals surface area contributed by atoms with Gasteiger partial charge in [-0.1, -0.05) is 6.58 Å². The van der Waals surface area contributed by atoms with Gasteiger partial charge in [-0.05, 0) is 24.0 Å². The van der Waals surface area contributed by atoms with Crippen molar-refractivity contribution in [1.82, 2.24) is 0 Å². The van der Waals surface area contributed by atoms with Gasteiger partial charge in [0.05, 0.1) is 25.2 Å². The molecule has 1 heterocycles. The Bertz CT molecular complexity index is 740. The van der Waals surface area contributed by atoms with Crippen molar-refractivity contribution in [2.24, 2.45) is 0 Å². The number of ether oxygens (including phenoxy) is 2. The molecule has 1 aromatic carbocycles. The maximum Gasteiger partial charge on any atom is 0.344 e. The lowest BCUT2D eigenvalue weighted by Crippen LogP contribution is -2.07. The average molecular weight is 258 g/mol. The van der Waals surface area contributed by atoms with Gasteiger partial charge in [0, 0.05) is 12.1 Å². The number of allylic oxidation sites excluding steroid dienone is 1. The molecule has 98 valence electrons. The number of methoxy groups -OCH3 is 2. The maximum absolute atomic E-state index is 12.0. The first-order valence-electron chi connectivity index (χ1n) is 6.05. The number of hydrogen-bond donors (Lipinski definition) is 0. The van der Waals surface area contributed by atoms with E-state index in [4.69, 9.17) is 13.9 Å². The standard InChI is InChI=1S/C15H14O4/c1-8-4-5-10-13(8)15(16)19-12-7-9(17-2)6-11(18-3)14(10)12/h6-7H,1,4-5H2,2-3H3. The molecule has 1 aliphatic carbocycles. The maximum atomic E-state index is 12.0. The van der Waals surface area contributed by atoms with Gasteiger partial charge in [-0.25, -0.2) is 4.79 Å². The van der Waals surface area contributed by atoms with Crippen molar-refractivity contribution in [3.63, 3.8) is 0 Å². The second-order valence-electron chi connectivity index (χ2n) is 4.55. The van der Waals surface area contributed by atoms with E-state index in [0.717, 1.165) is 29.4 Å². The van der Waals surface area contributed by atoms with Gasteiger partial charge in [-0.15, -0.1) is 0 Å². The van der Waals surface area contributed by atoms with E-state index in [-0.39, 0.29) is 5.63 Å². The van der Waals surface area contributed by atoms with E-state index in [1.807, 2.05) is 0 Å². The summed E-state index contributed by atoms with van der Waals surface area (Å²) >= 11 is 0. The molecule has 0 saturated heterocycles. The van der Waals surface area contributed by atoms with Gasteiger partial charge in [0.15, 0.2) is 0 Å². The van der Waals surface area contributed by atoms with Gasteiger partial charge in [0.1, 0.15) is 17.1 Å². The molecule has 4 nitrogen and oxygen atoms in total. The third kappa shape index (κ3) is 1.63. The molecule has 1 aromatic heterocycles. The van der Waals surface area contributed by atoms with Crippen molar-refractivity contribution in [3.05, 3.63) is 40.3 Å². The van der Waals surface area contributed by atoms with Crippen LogP contribution in [0.1, 0.15) is 17.5 Å². The summed E-state index contributed by atoms with van der Waals surface area (Å²) in [7, 11) is 3.16. The summed E-state index contributed by atoms with van der Waals surface area (Å²) in [5.41, 5.74) is 2.57. The lowest BCUT2D eigenvalue weighted by atomic mass is 10.0. The number of hydrogen-bond acceptors (Lipinski definition) is 4. The molecule has 1 aliphatic rings. The molecule has 0 atom stereocenters. The first kappa shape index (κ1) is 11.8. The summed E-state index contributed by atoms with van der Waals surface area (Å²) in [6.45, 7) is 3.93. The third-order valence-corrected chi connectivity index (χ3v) is 3.54. The van der Waals surface area contributed by atoms with E-state index in [0.29, 0.717) is 22.6 Å². The zero-order valence-corrected chi connectivity index (χ0v) is 10.9. The molecule has 4 heteroatoms. The van der Waals surface area contributed by atoms with Crippen molar-refractivity contribution in [3.8, 4) is 11.5 Å². The van der Waals surface area contributed by atoms with Crippen molar-refractivity contribution < 1.29 is 13.9 Å². The topological polar surface area (TPSA) is 48.7 Å². The van der Waals surface area contributed by atoms with Crippen molar-refractivity contribution >= 4 is 16.5 Å². The van der Waals surface area contributed by atoms with Crippen LogP contribution in [-0.4, -0.2) is 14.2 Å². The van der Waals surface area contributed by atoms with E-state index >= 15 is 0 Å². The van der Waals surface area contributed by atoms with Crippen LogP contribution >= 0.6 is 0 Å². The fourth-order valence-electron chi connectivity index (χ4n) is 2.63. The monoisotopic (exact) mass is 258 g/mol. The molecule has 0 amide bonds. The highest BCUT2D eigenvalue weighted by Crippen LogP contribution is 2.39. The summed E-state index contributed by atoms with van der Waals surface area (Å²) in [6.07, 6.45) is 1.58. The lowest BCUT2D eigenvalue weighted by Gasteiger charge is -2.10. The van der Waals surface area contributed by atoms with E-state index < -0.39 is 0 Å². The second-order valence-corrected chi connectivity index (χ2v) is 4.55. The van der Waals surface area contributed by atoms with Crippen molar-refractivity contribution in [2.45, 2.75) is 12.8 Å². The third-order valence-electron chi connectivity index (χ3n) is 3.54. The molecule has 0 bridgehead atoms. The van der Waals surface area contributed by atoms with E-state index in [1.165, 1.54) is 0 Å². The highest BCUT2D eigenvalue weighted by molar-refractivity contribution is 5.93. The van der Waals surface area contributed by atoms with Crippen LogP contribution in [0.3, 0.4) is 0 Å². The van der Waals surface area contributed by atoms with Crippen LogP contribution in [0.2, 0.25) is 0 Å². The molecular formula is C15H14O4. The second kappa shape index (κ2) is 4.16. The molecule has 0 radical (unpaired) electrons. The van der Waals surface area contributed by atoms with Crippen molar-refractivity contribution in [2.75, 3.05) is 14.2 Å². The summed E-state index contributed by atoms with van der Waals surface area (Å²) in [5, 5.41) is 0.844. The largest absolute Gasteiger partial charge is 0.496 e. The Morgan fingerprint density at radius 3 is 2.68 bits per heavy atom. The quantitative estimate of drug-likeness (QED) is 0.777. The normalized spacial score (nSPS) is 13.7. The molecule has 0 unspecified atom stereocenters. The Morgan fingerprint density at radius 2 is 2.00 bits per heavy atom. The van der Waals surface area contributed by atoms with Crippen LogP contribution < -0.4 is 15.1 Å². The molecule has 19 heavy (non-hydrogen) atoms. The average Bonchev–Trinajstić information content (AvgIpc) is 2.80. The Hall–Kier alpha value is -2.23. The summed E-state index contributed by atoms with van der Waals surface area (Å²) in [5.74, 6) is 1.26. The SMILES string of the molecule is C=C1CCc2c1c(=O)oc1cc(OC)cc(OC)c21. The van der Waals surface area contributed by atoms with Crippen LogP contribution in [0.25, 0.3) is 16.5 Å². The Kier molecular flexibility index (Phi) is 2.59. The van der Waals surface area contributed by atoms with E-state index in [1.54, 1.807) is 26.4 Å². The van der Waals surface area contributed by atoms with Gasteiger partial charge in [-0.3, -0.25) is 0 Å². The molecule has 0 fully saturated rings. The highest BCUT2D eigenvalue weighted by atomic mass is 16.5. The minimum atomic E-state index is -0.333. The first-order chi connectivity index (χ1) is 9.15.